The fourth-order valence-corrected chi connectivity index (χ4v) is 3.75. The van der Waals surface area contributed by atoms with Crippen LogP contribution in [0.5, 0.6) is 0 Å². The molecule has 19 heavy (non-hydrogen) atoms. The first kappa shape index (κ1) is 14.5. The zero-order valence-corrected chi connectivity index (χ0v) is 13.3. The zero-order valence-electron chi connectivity index (χ0n) is 10.9. The number of halogens is 1. The van der Waals surface area contributed by atoms with Gasteiger partial charge in [0.2, 0.25) is 5.91 Å². The number of thiophene rings is 1. The molecule has 0 unspecified atom stereocenters. The minimum Gasteiger partial charge on any atom is -0.481 e. The van der Waals surface area contributed by atoms with Crippen LogP contribution in [0.25, 0.3) is 0 Å². The highest BCUT2D eigenvalue weighted by molar-refractivity contribution is 9.11. The summed E-state index contributed by atoms with van der Waals surface area (Å²) in [6, 6.07) is 3.86. The Bertz CT molecular complexity index is 516. The molecule has 1 N–H and O–H groups in total. The summed E-state index contributed by atoms with van der Waals surface area (Å²) in [5.41, 5.74) is -0.800. The van der Waals surface area contributed by atoms with Gasteiger partial charge in [-0.15, -0.1) is 11.3 Å². The van der Waals surface area contributed by atoms with E-state index >= 15 is 0 Å². The molecule has 1 saturated heterocycles. The fourth-order valence-electron chi connectivity index (χ4n) is 2.28. The van der Waals surface area contributed by atoms with Crippen molar-refractivity contribution in [3.8, 4) is 0 Å². The Kier molecular flexibility index (Phi) is 4.01. The molecule has 1 aromatic heterocycles. The molecule has 1 aliphatic rings. The molecule has 0 aromatic carbocycles. The fraction of sp³-hybridized carbons (Fsp3) is 0.538. The average Bonchev–Trinajstić information content (AvgIpc) is 2.95. The molecule has 6 heteroatoms. The topological polar surface area (TPSA) is 57.6 Å². The minimum atomic E-state index is -0.825. The summed E-state index contributed by atoms with van der Waals surface area (Å²) in [6.45, 7) is 4.41. The first-order chi connectivity index (χ1) is 8.83. The van der Waals surface area contributed by atoms with Gasteiger partial charge in [-0.25, -0.2) is 0 Å². The van der Waals surface area contributed by atoms with E-state index in [-0.39, 0.29) is 11.8 Å². The lowest BCUT2D eigenvalue weighted by Gasteiger charge is -2.22. The summed E-state index contributed by atoms with van der Waals surface area (Å²) < 4.78 is 0.999. The molecule has 1 fully saturated rings. The number of hydrogen-bond donors (Lipinski definition) is 1. The van der Waals surface area contributed by atoms with Crippen molar-refractivity contribution in [2.75, 3.05) is 13.1 Å². The van der Waals surface area contributed by atoms with E-state index in [2.05, 4.69) is 15.9 Å². The number of carboxylic acid groups (broad SMARTS) is 1. The number of amides is 1. The van der Waals surface area contributed by atoms with Crippen molar-refractivity contribution in [1.29, 1.82) is 0 Å². The van der Waals surface area contributed by atoms with Gasteiger partial charge in [-0.2, -0.15) is 0 Å². The van der Waals surface area contributed by atoms with Gasteiger partial charge >= 0.3 is 5.97 Å². The van der Waals surface area contributed by atoms with E-state index < -0.39 is 11.4 Å². The third-order valence-electron chi connectivity index (χ3n) is 3.69. The first-order valence-electron chi connectivity index (χ1n) is 6.11. The van der Waals surface area contributed by atoms with Crippen molar-refractivity contribution in [3.63, 3.8) is 0 Å². The van der Waals surface area contributed by atoms with Crippen molar-refractivity contribution < 1.29 is 14.7 Å². The van der Waals surface area contributed by atoms with E-state index in [1.165, 1.54) is 0 Å². The molecule has 2 heterocycles. The lowest BCUT2D eigenvalue weighted by molar-refractivity contribution is -0.147. The quantitative estimate of drug-likeness (QED) is 0.916. The van der Waals surface area contributed by atoms with Gasteiger partial charge < -0.3 is 10.0 Å². The zero-order chi connectivity index (χ0) is 14.2. The van der Waals surface area contributed by atoms with Crippen LogP contribution in [-0.2, 0) is 9.59 Å². The van der Waals surface area contributed by atoms with E-state index in [9.17, 15) is 14.7 Å². The van der Waals surface area contributed by atoms with Crippen LogP contribution in [0, 0.1) is 5.41 Å². The van der Waals surface area contributed by atoms with Gasteiger partial charge in [0.1, 0.15) is 0 Å². The second-order valence-electron chi connectivity index (χ2n) is 5.24. The highest BCUT2D eigenvalue weighted by atomic mass is 79.9. The summed E-state index contributed by atoms with van der Waals surface area (Å²) in [5.74, 6) is -1.03. The first-order valence-corrected chi connectivity index (χ1v) is 7.72. The Morgan fingerprint density at radius 2 is 2.21 bits per heavy atom. The molecular formula is C13H16BrNO3S. The van der Waals surface area contributed by atoms with E-state index in [1.807, 2.05) is 19.1 Å². The maximum atomic E-state index is 12.4. The molecule has 0 radical (unpaired) electrons. The van der Waals surface area contributed by atoms with Gasteiger partial charge in [0, 0.05) is 18.0 Å². The number of hydrogen-bond acceptors (Lipinski definition) is 3. The molecule has 104 valence electrons. The van der Waals surface area contributed by atoms with Crippen LogP contribution >= 0.6 is 27.3 Å². The second kappa shape index (κ2) is 5.25. The minimum absolute atomic E-state index is 0.0133. The molecule has 1 amide bonds. The van der Waals surface area contributed by atoms with Crippen molar-refractivity contribution >= 4 is 39.1 Å². The van der Waals surface area contributed by atoms with Crippen LogP contribution in [0.1, 0.15) is 31.1 Å². The van der Waals surface area contributed by atoms with Crippen molar-refractivity contribution in [1.82, 2.24) is 4.90 Å². The largest absolute Gasteiger partial charge is 0.481 e. The van der Waals surface area contributed by atoms with Crippen LogP contribution in [0.3, 0.4) is 0 Å². The third kappa shape index (κ3) is 2.84. The Balaban J connectivity index is 2.07. The maximum Gasteiger partial charge on any atom is 0.311 e. The molecule has 1 aromatic rings. The van der Waals surface area contributed by atoms with Crippen LogP contribution < -0.4 is 0 Å². The van der Waals surface area contributed by atoms with E-state index in [4.69, 9.17) is 0 Å². The lowest BCUT2D eigenvalue weighted by atomic mass is 9.90. The molecule has 4 nitrogen and oxygen atoms in total. The number of rotatable bonds is 3. The van der Waals surface area contributed by atoms with Crippen molar-refractivity contribution in [3.05, 3.63) is 20.8 Å². The van der Waals surface area contributed by atoms with Crippen LogP contribution in [0.2, 0.25) is 0 Å². The normalized spacial score (nSPS) is 24.5. The number of carboxylic acids is 1. The summed E-state index contributed by atoms with van der Waals surface area (Å²) in [4.78, 5) is 26.3. The number of aliphatic carboxylic acids is 1. The molecule has 1 aliphatic heterocycles. The van der Waals surface area contributed by atoms with Gasteiger partial charge in [-0.1, -0.05) is 0 Å². The van der Waals surface area contributed by atoms with Crippen molar-refractivity contribution in [2.45, 2.75) is 26.2 Å². The molecular weight excluding hydrogens is 330 g/mol. The van der Waals surface area contributed by atoms with Gasteiger partial charge in [0.25, 0.3) is 0 Å². The second-order valence-corrected chi connectivity index (χ2v) is 7.73. The monoisotopic (exact) mass is 345 g/mol. The van der Waals surface area contributed by atoms with Crippen LogP contribution in [-0.4, -0.2) is 35.0 Å². The maximum absolute atomic E-state index is 12.4. The summed E-state index contributed by atoms with van der Waals surface area (Å²) in [5, 5.41) is 9.19. The van der Waals surface area contributed by atoms with Gasteiger partial charge in [-0.05, 0) is 48.3 Å². The number of carbonyl (C=O) groups excluding carboxylic acids is 1. The SMILES string of the molecule is C[C@H](C(=O)N1CC[C@](C)(C(=O)O)C1)c1ccc(Br)s1. The molecule has 0 spiro atoms. The molecule has 0 saturated carbocycles. The average molecular weight is 346 g/mol. The Labute approximate surface area is 124 Å². The molecule has 2 atom stereocenters. The Morgan fingerprint density at radius 3 is 2.68 bits per heavy atom. The van der Waals surface area contributed by atoms with Gasteiger partial charge in [0.15, 0.2) is 0 Å². The predicted molar refractivity (Wildman–Crippen MR) is 77.4 cm³/mol. The smallest absolute Gasteiger partial charge is 0.311 e. The molecule has 0 bridgehead atoms. The summed E-state index contributed by atoms with van der Waals surface area (Å²) in [7, 11) is 0. The summed E-state index contributed by atoms with van der Waals surface area (Å²) in [6.07, 6.45) is 0.523. The predicted octanol–water partition coefficient (Wildman–Crippen LogP) is 2.94. The summed E-state index contributed by atoms with van der Waals surface area (Å²) >= 11 is 4.93. The van der Waals surface area contributed by atoms with Crippen molar-refractivity contribution in [2.24, 2.45) is 5.41 Å². The van der Waals surface area contributed by atoms with Gasteiger partial charge in [0.05, 0.1) is 15.1 Å². The van der Waals surface area contributed by atoms with Crippen LogP contribution in [0.15, 0.2) is 15.9 Å². The number of likely N-dealkylation sites (tertiary alicyclic amines) is 1. The van der Waals surface area contributed by atoms with Crippen LogP contribution in [0.4, 0.5) is 0 Å². The lowest BCUT2D eigenvalue weighted by Crippen LogP contribution is -2.36. The van der Waals surface area contributed by atoms with E-state index in [0.717, 1.165) is 8.66 Å². The highest BCUT2D eigenvalue weighted by Crippen LogP contribution is 2.34. The third-order valence-corrected chi connectivity index (χ3v) is 5.50. The van der Waals surface area contributed by atoms with Gasteiger partial charge in [-0.3, -0.25) is 9.59 Å². The standard InChI is InChI=1S/C13H16BrNO3S/c1-8(9-3-4-10(14)19-9)11(16)15-6-5-13(2,7-15)12(17)18/h3-4,8H,5-7H2,1-2H3,(H,17,18)/t8-,13-/m0/s1. The number of carbonyl (C=O) groups is 2. The highest BCUT2D eigenvalue weighted by Gasteiger charge is 2.43. The van der Waals surface area contributed by atoms with E-state index in [1.54, 1.807) is 23.2 Å². The molecule has 2 rings (SSSR count). The Morgan fingerprint density at radius 1 is 1.53 bits per heavy atom. The van der Waals surface area contributed by atoms with E-state index in [0.29, 0.717) is 19.5 Å². The molecule has 0 aliphatic carbocycles. The number of nitrogens with zero attached hydrogens (tertiary/aromatic N) is 1. The Hall–Kier alpha value is -0.880.